The fourth-order valence-corrected chi connectivity index (χ4v) is 18.6. The maximum absolute atomic E-state index is 4.70. The average Bonchev–Trinajstić information content (AvgIpc) is 1.20. The molecule has 0 N–H and O–H groups in total. The Bertz CT molecular complexity index is 6080. The number of hydrogen-bond donors (Lipinski definition) is 0. The van der Waals surface area contributed by atoms with Gasteiger partial charge in [0.1, 0.15) is 0 Å². The van der Waals surface area contributed by atoms with Crippen LogP contribution in [-0.2, 0) is 16.2 Å². The standard InChI is InChI=1S/C35H27N.2C34H26N2/c1-22-12-14-29-30(20-22)34(28-10-5-4-9-27(28)33(29)23-16-18-36-19-17-23)24-13-15-26-25-8-6-7-11-31(25)35(2,3)32(26)21-24;1-21-13-15-27-28(19-21)31(25-10-4-5-11-26(25)32(27)33-35-17-8-18-36-33)22-14-16-24-23-9-6-7-12-29(23)34(2,3)30(24)20-22;1-21-12-14-27-28(18-21)32(25-9-4-5-10-26(25)33(27)31-20-35-16-17-36-31)22-13-15-24-23-8-6-7-11-29(23)34(2,3)30(24)19-22/h4-21H,1-3H3;2*4-20H,1-3H3. The summed E-state index contributed by atoms with van der Waals surface area (Å²) in [6.45, 7) is 20.6. The smallest absolute Gasteiger partial charge is 0.160 e. The van der Waals surface area contributed by atoms with Crippen LogP contribution in [0.25, 0.3) is 165 Å². The first-order chi connectivity index (χ1) is 52.6. The number of aryl methyl sites for hydroxylation is 3. The Morgan fingerprint density at radius 2 is 0.537 bits per heavy atom. The molecule has 0 spiro atoms. The van der Waals surface area contributed by atoms with Crippen LogP contribution < -0.4 is 0 Å². The van der Waals surface area contributed by atoms with E-state index in [1.165, 1.54) is 193 Å². The van der Waals surface area contributed by atoms with Crippen molar-refractivity contribution >= 4 is 64.6 Å². The van der Waals surface area contributed by atoms with Gasteiger partial charge in [0.15, 0.2) is 5.82 Å². The third-order valence-electron chi connectivity index (χ3n) is 23.7. The van der Waals surface area contributed by atoms with E-state index < -0.39 is 0 Å². The fraction of sp³-hybridized carbons (Fsp3) is 0.117. The van der Waals surface area contributed by atoms with Crippen LogP contribution in [0.15, 0.2) is 316 Å². The molecule has 5 heteroatoms. The number of pyridine rings is 1. The molecule has 0 bridgehead atoms. The van der Waals surface area contributed by atoms with Crippen molar-refractivity contribution in [3.63, 3.8) is 0 Å². The SMILES string of the molecule is Cc1ccc2c(-c3ccncc3)c3ccccc3c(-c3ccc4c(c3)C(C)(C)c3ccccc3-4)c2c1.Cc1ccc2c(-c3cnccn3)c3ccccc3c(-c3ccc4c(c3)C(C)(C)c3ccccc3-4)c2c1.Cc1ccc2c(-c3ncccn3)c3ccccc3c(-c3ccc4c(c3)C(C)(C)c3ccccc3-4)c2c1. The third-order valence-corrected chi connectivity index (χ3v) is 23.7. The average molecular weight is 1390 g/mol. The second kappa shape index (κ2) is 25.5. The zero-order chi connectivity index (χ0) is 73.3. The molecule has 21 rings (SSSR count). The Balaban J connectivity index is 0.000000110. The molecule has 0 aliphatic heterocycles. The molecule has 0 fully saturated rings. The predicted molar refractivity (Wildman–Crippen MR) is 453 cm³/mol. The Kier molecular flexibility index (Phi) is 15.5. The first-order valence-electron chi connectivity index (χ1n) is 37.7. The Hall–Kier alpha value is -12.8. The Morgan fingerprint density at radius 3 is 0.926 bits per heavy atom. The predicted octanol–water partition coefficient (Wildman–Crippen LogP) is 26.8. The van der Waals surface area contributed by atoms with Crippen LogP contribution in [0.4, 0.5) is 0 Å². The van der Waals surface area contributed by atoms with Crippen LogP contribution in [0.3, 0.4) is 0 Å². The summed E-state index contributed by atoms with van der Waals surface area (Å²) in [6, 6.07) is 101. The lowest BCUT2D eigenvalue weighted by molar-refractivity contribution is 0.660. The molecule has 0 saturated carbocycles. The Morgan fingerprint density at radius 1 is 0.213 bits per heavy atom. The highest BCUT2D eigenvalue weighted by Gasteiger charge is 2.39. The summed E-state index contributed by atoms with van der Waals surface area (Å²) in [4.78, 5) is 22.7. The van der Waals surface area contributed by atoms with Crippen LogP contribution in [0.2, 0.25) is 0 Å². The normalized spacial score (nSPS) is 13.6. The molecule has 516 valence electrons. The van der Waals surface area contributed by atoms with Crippen molar-refractivity contribution in [3.8, 4) is 101 Å². The van der Waals surface area contributed by atoms with E-state index in [1.807, 2.05) is 37.1 Å². The van der Waals surface area contributed by atoms with Crippen molar-refractivity contribution < 1.29 is 0 Å². The molecule has 0 amide bonds. The van der Waals surface area contributed by atoms with Crippen molar-refractivity contribution in [2.75, 3.05) is 0 Å². The van der Waals surface area contributed by atoms with Gasteiger partial charge in [-0.15, -0.1) is 0 Å². The molecule has 3 aromatic heterocycles. The fourth-order valence-electron chi connectivity index (χ4n) is 18.6. The monoisotopic (exact) mass is 1390 g/mol. The van der Waals surface area contributed by atoms with Gasteiger partial charge in [0, 0.05) is 64.6 Å². The van der Waals surface area contributed by atoms with Crippen molar-refractivity contribution in [2.24, 2.45) is 0 Å². The molecule has 0 radical (unpaired) electrons. The number of nitrogens with zero attached hydrogens (tertiary/aromatic N) is 5. The van der Waals surface area contributed by atoms with Gasteiger partial charge in [-0.1, -0.05) is 295 Å². The number of rotatable bonds is 6. The summed E-state index contributed by atoms with van der Waals surface area (Å²) in [5.41, 5.74) is 33.5. The van der Waals surface area contributed by atoms with E-state index in [9.17, 15) is 0 Å². The maximum Gasteiger partial charge on any atom is 0.160 e. The third kappa shape index (κ3) is 10.5. The van der Waals surface area contributed by atoms with Crippen LogP contribution in [0.1, 0.15) is 91.6 Å². The summed E-state index contributed by atoms with van der Waals surface area (Å²) in [5.74, 6) is 0.764. The first kappa shape index (κ1) is 65.9. The van der Waals surface area contributed by atoms with Crippen LogP contribution in [0.5, 0.6) is 0 Å². The molecule has 0 atom stereocenters. The molecule has 18 aromatic rings. The summed E-state index contributed by atoms with van der Waals surface area (Å²) in [6.07, 6.45) is 12.8. The molecule has 15 aromatic carbocycles. The first-order valence-corrected chi connectivity index (χ1v) is 37.7. The number of fused-ring (bicyclic) bond motifs is 15. The van der Waals surface area contributed by atoms with Crippen LogP contribution in [-0.4, -0.2) is 24.9 Å². The van der Waals surface area contributed by atoms with E-state index in [4.69, 9.17) is 4.98 Å². The Labute approximate surface area is 631 Å². The van der Waals surface area contributed by atoms with Gasteiger partial charge in [-0.25, -0.2) is 9.97 Å². The van der Waals surface area contributed by atoms with Gasteiger partial charge in [-0.3, -0.25) is 15.0 Å². The molecular weight excluding hydrogens is 1310 g/mol. The van der Waals surface area contributed by atoms with E-state index >= 15 is 0 Å². The minimum atomic E-state index is -0.0404. The highest BCUT2D eigenvalue weighted by molar-refractivity contribution is 6.24. The van der Waals surface area contributed by atoms with Gasteiger partial charge in [0.25, 0.3) is 0 Å². The van der Waals surface area contributed by atoms with Crippen molar-refractivity contribution in [2.45, 2.75) is 78.6 Å². The van der Waals surface area contributed by atoms with Crippen molar-refractivity contribution in [1.29, 1.82) is 0 Å². The molecule has 3 aliphatic rings. The van der Waals surface area contributed by atoms with Gasteiger partial charge in [-0.2, -0.15) is 0 Å². The minimum absolute atomic E-state index is 0.0273. The lowest BCUT2D eigenvalue weighted by Crippen LogP contribution is -2.14. The van der Waals surface area contributed by atoms with Gasteiger partial charge < -0.3 is 0 Å². The van der Waals surface area contributed by atoms with E-state index in [1.54, 1.807) is 12.4 Å². The van der Waals surface area contributed by atoms with Gasteiger partial charge in [0.05, 0.1) is 11.9 Å². The van der Waals surface area contributed by atoms with E-state index in [0.29, 0.717) is 0 Å². The zero-order valence-corrected chi connectivity index (χ0v) is 62.3. The second-order valence-corrected chi connectivity index (χ2v) is 31.2. The number of aromatic nitrogens is 5. The molecule has 3 aliphatic carbocycles. The number of benzene rings is 15. The van der Waals surface area contributed by atoms with Gasteiger partial charge >= 0.3 is 0 Å². The highest BCUT2D eigenvalue weighted by Crippen LogP contribution is 2.56. The highest BCUT2D eigenvalue weighted by atomic mass is 14.9. The van der Waals surface area contributed by atoms with Crippen molar-refractivity contribution in [1.82, 2.24) is 24.9 Å². The number of hydrogen-bond acceptors (Lipinski definition) is 5. The maximum atomic E-state index is 4.70. The second-order valence-electron chi connectivity index (χ2n) is 31.2. The summed E-state index contributed by atoms with van der Waals surface area (Å²) >= 11 is 0. The van der Waals surface area contributed by atoms with E-state index in [0.717, 1.165) is 22.6 Å². The zero-order valence-electron chi connectivity index (χ0n) is 62.3. The quantitative estimate of drug-likeness (QED) is 0.155. The summed E-state index contributed by atoms with van der Waals surface area (Å²) in [5, 5.41) is 14.9. The van der Waals surface area contributed by atoms with Gasteiger partial charge in [0.2, 0.25) is 0 Å². The lowest BCUT2D eigenvalue weighted by atomic mass is 9.80. The molecule has 0 unspecified atom stereocenters. The van der Waals surface area contributed by atoms with E-state index in [2.05, 4.69) is 349 Å². The topological polar surface area (TPSA) is 64.5 Å². The van der Waals surface area contributed by atoms with Crippen LogP contribution in [0, 0.1) is 20.8 Å². The van der Waals surface area contributed by atoms with Crippen LogP contribution >= 0.6 is 0 Å². The molecular formula is C103H79N5. The minimum Gasteiger partial charge on any atom is -0.265 e. The molecule has 0 saturated heterocycles. The molecule has 108 heavy (non-hydrogen) atoms. The van der Waals surface area contributed by atoms with Crippen molar-refractivity contribution in [3.05, 3.63) is 366 Å². The van der Waals surface area contributed by atoms with E-state index in [-0.39, 0.29) is 16.2 Å². The van der Waals surface area contributed by atoms with Gasteiger partial charge in [-0.05, 0) is 233 Å². The molecule has 5 nitrogen and oxygen atoms in total. The lowest BCUT2D eigenvalue weighted by Gasteiger charge is -2.23. The summed E-state index contributed by atoms with van der Waals surface area (Å²) < 4.78 is 0. The molecule has 3 heterocycles. The largest absolute Gasteiger partial charge is 0.265 e. The summed E-state index contributed by atoms with van der Waals surface area (Å²) in [7, 11) is 0.